The van der Waals surface area contributed by atoms with Gasteiger partial charge in [-0.3, -0.25) is 9.36 Å². The van der Waals surface area contributed by atoms with Gasteiger partial charge in [-0.2, -0.15) is 0 Å². The Morgan fingerprint density at radius 2 is 1.76 bits per heavy atom. The van der Waals surface area contributed by atoms with E-state index in [2.05, 4.69) is 23.6 Å². The second-order valence-corrected chi connectivity index (χ2v) is 12.7. The minimum Gasteiger partial charge on any atom is -0.491 e. The van der Waals surface area contributed by atoms with Gasteiger partial charge < -0.3 is 14.0 Å². The van der Waals surface area contributed by atoms with Crippen molar-refractivity contribution in [1.29, 1.82) is 0 Å². The number of carbonyl (C=O) groups excluding carboxylic acids is 1. The third kappa shape index (κ3) is 5.76. The lowest BCUT2D eigenvalue weighted by Crippen LogP contribution is -2.40. The summed E-state index contributed by atoms with van der Waals surface area (Å²) in [7, 11) is 0. The Hall–Kier alpha value is -4.40. The zero-order valence-electron chi connectivity index (χ0n) is 25.8. The molecule has 0 saturated carbocycles. The van der Waals surface area contributed by atoms with Crippen LogP contribution >= 0.6 is 22.9 Å². The van der Waals surface area contributed by atoms with E-state index in [1.54, 1.807) is 18.4 Å². The summed E-state index contributed by atoms with van der Waals surface area (Å²) in [6, 6.07) is 22.8. The van der Waals surface area contributed by atoms with Crippen LogP contribution in [0.3, 0.4) is 0 Å². The van der Waals surface area contributed by atoms with Gasteiger partial charge in [0.15, 0.2) is 4.80 Å². The first-order chi connectivity index (χ1) is 21.7. The maximum absolute atomic E-state index is 14.4. The number of ether oxygens (including phenoxy) is 2. The van der Waals surface area contributed by atoms with E-state index >= 15 is 0 Å². The Morgan fingerprint density at radius 3 is 2.49 bits per heavy atom. The van der Waals surface area contributed by atoms with Crippen LogP contribution in [0.15, 0.2) is 93.9 Å². The largest absolute Gasteiger partial charge is 0.491 e. The van der Waals surface area contributed by atoms with Crippen LogP contribution in [0, 0.1) is 6.92 Å². The summed E-state index contributed by atoms with van der Waals surface area (Å²) in [5.41, 5.74) is 5.50. The van der Waals surface area contributed by atoms with Crippen LogP contribution < -0.4 is 19.6 Å². The molecule has 5 aromatic rings. The first-order valence-electron chi connectivity index (χ1n) is 15.0. The van der Waals surface area contributed by atoms with Crippen molar-refractivity contribution in [3.05, 3.63) is 131 Å². The van der Waals surface area contributed by atoms with Crippen LogP contribution in [0.5, 0.6) is 5.75 Å². The van der Waals surface area contributed by atoms with Crippen molar-refractivity contribution < 1.29 is 14.3 Å². The van der Waals surface area contributed by atoms with Crippen LogP contribution in [-0.2, 0) is 16.1 Å². The molecule has 3 heterocycles. The highest BCUT2D eigenvalue weighted by Crippen LogP contribution is 2.36. The number of halogens is 1. The van der Waals surface area contributed by atoms with Gasteiger partial charge in [0.1, 0.15) is 11.8 Å². The van der Waals surface area contributed by atoms with Crippen molar-refractivity contribution in [2.75, 3.05) is 6.61 Å². The van der Waals surface area contributed by atoms with Crippen molar-refractivity contribution in [2.45, 2.75) is 53.3 Å². The predicted molar refractivity (Wildman–Crippen MR) is 180 cm³/mol. The molecule has 45 heavy (non-hydrogen) atoms. The highest BCUT2D eigenvalue weighted by Gasteiger charge is 2.35. The van der Waals surface area contributed by atoms with Crippen molar-refractivity contribution in [3.63, 3.8) is 0 Å². The van der Waals surface area contributed by atoms with Gasteiger partial charge in [-0.1, -0.05) is 71.5 Å². The minimum atomic E-state index is -0.759. The van der Waals surface area contributed by atoms with Crippen molar-refractivity contribution in [2.24, 2.45) is 4.99 Å². The fourth-order valence-corrected chi connectivity index (χ4v) is 7.05. The third-order valence-corrected chi connectivity index (χ3v) is 9.14. The molecule has 2 aromatic heterocycles. The molecule has 0 N–H and O–H groups in total. The van der Waals surface area contributed by atoms with Gasteiger partial charge in [0.25, 0.3) is 5.56 Å². The van der Waals surface area contributed by atoms with E-state index in [0.717, 1.165) is 27.7 Å². The number of fused-ring (bicyclic) bond motifs is 2. The Kier molecular flexibility index (Phi) is 8.53. The molecule has 230 valence electrons. The Bertz CT molecular complexity index is 2140. The quantitative estimate of drug-likeness (QED) is 0.181. The summed E-state index contributed by atoms with van der Waals surface area (Å²) in [6.45, 7) is 10.4. The maximum atomic E-state index is 14.4. The third-order valence-electron chi connectivity index (χ3n) is 7.90. The SMILES string of the molecule is CCOC(=O)C1=C(C)N=c2s/c(=C/c3c(C)n(Cc4ccc(Cl)cc4)c4ccccc34)c(=O)n2[C@H]1c1ccccc1OC(C)C. The molecule has 0 radical (unpaired) electrons. The summed E-state index contributed by atoms with van der Waals surface area (Å²) in [5.74, 6) is 0.100. The number of hydrogen-bond acceptors (Lipinski definition) is 6. The van der Waals surface area contributed by atoms with Crippen LogP contribution in [-0.4, -0.2) is 27.8 Å². The lowest BCUT2D eigenvalue weighted by atomic mass is 9.95. The van der Waals surface area contributed by atoms with Crippen LogP contribution in [0.1, 0.15) is 56.1 Å². The zero-order chi connectivity index (χ0) is 31.8. The number of allylic oxidation sites excluding steroid dienone is 1. The predicted octanol–water partition coefficient (Wildman–Crippen LogP) is 6.55. The number of rotatable bonds is 8. The topological polar surface area (TPSA) is 74.8 Å². The molecule has 0 unspecified atom stereocenters. The normalized spacial score (nSPS) is 15.0. The van der Waals surface area contributed by atoms with E-state index in [0.29, 0.717) is 43.5 Å². The lowest BCUT2D eigenvalue weighted by Gasteiger charge is -2.26. The molecular weight excluding hydrogens is 606 g/mol. The van der Waals surface area contributed by atoms with E-state index < -0.39 is 12.0 Å². The first-order valence-corrected chi connectivity index (χ1v) is 16.1. The second-order valence-electron chi connectivity index (χ2n) is 11.2. The van der Waals surface area contributed by atoms with Gasteiger partial charge in [0, 0.05) is 39.3 Å². The summed E-state index contributed by atoms with van der Waals surface area (Å²) in [5, 5.41) is 1.74. The molecule has 9 heteroatoms. The van der Waals surface area contributed by atoms with Crippen molar-refractivity contribution in [1.82, 2.24) is 9.13 Å². The van der Waals surface area contributed by atoms with Gasteiger partial charge in [-0.15, -0.1) is 0 Å². The first kappa shape index (κ1) is 30.6. The highest BCUT2D eigenvalue weighted by molar-refractivity contribution is 7.07. The van der Waals surface area contributed by atoms with E-state index in [-0.39, 0.29) is 18.3 Å². The average molecular weight is 640 g/mol. The summed E-state index contributed by atoms with van der Waals surface area (Å²) in [4.78, 5) is 33.1. The van der Waals surface area contributed by atoms with Crippen LogP contribution in [0.4, 0.5) is 0 Å². The van der Waals surface area contributed by atoms with Crippen molar-refractivity contribution >= 4 is 45.9 Å². The molecule has 6 rings (SSSR count). The van der Waals surface area contributed by atoms with Gasteiger partial charge in [0.2, 0.25) is 0 Å². The molecule has 1 atom stereocenters. The summed E-state index contributed by atoms with van der Waals surface area (Å²) in [6.07, 6.45) is 1.85. The highest BCUT2D eigenvalue weighted by atomic mass is 35.5. The van der Waals surface area contributed by atoms with E-state index in [1.807, 2.05) is 80.6 Å². The molecule has 0 saturated heterocycles. The number of aromatic nitrogens is 2. The molecule has 1 aliphatic heterocycles. The number of para-hydroxylation sites is 2. The van der Waals surface area contributed by atoms with Gasteiger partial charge in [0.05, 0.1) is 28.5 Å². The number of hydrogen-bond donors (Lipinski definition) is 0. The van der Waals surface area contributed by atoms with Gasteiger partial charge in [-0.25, -0.2) is 9.79 Å². The fourth-order valence-electron chi connectivity index (χ4n) is 5.90. The molecule has 0 spiro atoms. The van der Waals surface area contributed by atoms with E-state index in [1.165, 1.54) is 11.3 Å². The monoisotopic (exact) mass is 639 g/mol. The van der Waals surface area contributed by atoms with Crippen molar-refractivity contribution in [3.8, 4) is 5.75 Å². The molecule has 0 amide bonds. The summed E-state index contributed by atoms with van der Waals surface area (Å²) < 4.78 is 16.0. The number of nitrogens with zero attached hydrogens (tertiary/aromatic N) is 3. The van der Waals surface area contributed by atoms with Crippen LogP contribution in [0.25, 0.3) is 17.0 Å². The average Bonchev–Trinajstić information content (AvgIpc) is 3.46. The molecule has 1 aliphatic rings. The van der Waals surface area contributed by atoms with Crippen LogP contribution in [0.2, 0.25) is 5.02 Å². The summed E-state index contributed by atoms with van der Waals surface area (Å²) >= 11 is 7.45. The number of benzene rings is 3. The van der Waals surface area contributed by atoms with E-state index in [4.69, 9.17) is 26.1 Å². The maximum Gasteiger partial charge on any atom is 0.338 e. The Morgan fingerprint density at radius 1 is 1.04 bits per heavy atom. The number of thiazole rings is 1. The molecular formula is C36H34ClN3O4S. The Labute approximate surface area is 270 Å². The zero-order valence-corrected chi connectivity index (χ0v) is 27.4. The minimum absolute atomic E-state index is 0.105. The number of esters is 1. The fraction of sp³-hybridized carbons (Fsp3) is 0.250. The molecule has 0 bridgehead atoms. The standard InChI is InChI=1S/C36H34ClN3O4S/c1-6-43-35(42)32-22(4)38-36-40(33(32)27-12-8-10-14-30(27)44-21(2)3)34(41)31(45-36)19-28-23(5)39(29-13-9-7-11-26(28)29)20-24-15-17-25(37)18-16-24/h7-19,21,33H,6,20H2,1-5H3/b31-19+/t33-/m0/s1. The lowest BCUT2D eigenvalue weighted by molar-refractivity contribution is -0.139. The molecule has 0 aliphatic carbocycles. The molecule has 0 fully saturated rings. The van der Waals surface area contributed by atoms with Gasteiger partial charge >= 0.3 is 5.97 Å². The molecule has 7 nitrogen and oxygen atoms in total. The van der Waals surface area contributed by atoms with E-state index in [9.17, 15) is 9.59 Å². The Balaban J connectivity index is 1.56. The van der Waals surface area contributed by atoms with Gasteiger partial charge in [-0.05, 0) is 70.5 Å². The smallest absolute Gasteiger partial charge is 0.338 e. The second kappa shape index (κ2) is 12.5. The number of carbonyl (C=O) groups is 1. The molecule has 3 aromatic carbocycles.